The van der Waals surface area contributed by atoms with E-state index in [4.69, 9.17) is 9.47 Å². The molecule has 0 aliphatic carbocycles. The molecule has 1 fully saturated rings. The molecule has 0 N–H and O–H groups in total. The minimum atomic E-state index is 0.0902. The maximum absolute atomic E-state index is 6.74. The number of hydrogen-bond acceptors (Lipinski definition) is 2. The maximum Gasteiger partial charge on any atom is 0.270 e. The first-order valence-corrected chi connectivity index (χ1v) is 14.5. The number of quaternary nitrogens is 2. The molecular formula is C35H36N3O2+3. The van der Waals surface area contributed by atoms with Crippen LogP contribution in [0, 0.1) is 0 Å². The van der Waals surface area contributed by atoms with Gasteiger partial charge in [-0.1, -0.05) is 48.5 Å². The predicted octanol–water partition coefficient (Wildman–Crippen LogP) is 6.32. The summed E-state index contributed by atoms with van der Waals surface area (Å²) in [5.41, 5.74) is 9.12. The predicted molar refractivity (Wildman–Crippen MR) is 158 cm³/mol. The Hall–Kier alpha value is -3.61. The zero-order valence-electron chi connectivity index (χ0n) is 23.5. The Bertz CT molecular complexity index is 1740. The van der Waals surface area contributed by atoms with Gasteiger partial charge in [0, 0.05) is 17.7 Å². The third-order valence-electron chi connectivity index (χ3n) is 9.51. The average molecular weight is 531 g/mol. The standard InChI is InChI=1S/C35H36N3O2/c1-24-20-25(2)40-22-31(35-37(3)18-19-38(35,23-37)32-15-9-5-11-27(32)21-39-24)34-30-14-8-7-13-29(30)33-28-12-6-4-10-26(28)16-17-36(33)34/h4-19,24-25,35H,20-23H2,1-3H3/q+3/b34-31+. The molecule has 5 aliphatic rings. The van der Waals surface area contributed by atoms with E-state index in [0.717, 1.165) is 22.1 Å². The van der Waals surface area contributed by atoms with Crippen molar-refractivity contribution in [1.29, 1.82) is 0 Å². The number of likely N-dealkylation sites (N-methyl/N-ethyl adjacent to an activating group) is 1. The Morgan fingerprint density at radius 1 is 0.775 bits per heavy atom. The number of hydrogen-bond donors (Lipinski definition) is 0. The highest BCUT2D eigenvalue weighted by atomic mass is 16.5. The van der Waals surface area contributed by atoms with Gasteiger partial charge < -0.3 is 9.47 Å². The average Bonchev–Trinajstić information content (AvgIpc) is 3.60. The van der Waals surface area contributed by atoms with Crippen molar-refractivity contribution in [3.05, 3.63) is 114 Å². The molecule has 1 saturated heterocycles. The quantitative estimate of drug-likeness (QED) is 0.173. The number of benzene rings is 3. The lowest BCUT2D eigenvalue weighted by Crippen LogP contribution is -2.78. The van der Waals surface area contributed by atoms with Gasteiger partial charge in [-0.15, -0.1) is 0 Å². The second-order valence-electron chi connectivity index (χ2n) is 12.2. The van der Waals surface area contributed by atoms with E-state index in [2.05, 4.69) is 123 Å². The molecule has 9 rings (SSSR count). The summed E-state index contributed by atoms with van der Waals surface area (Å²) in [6.07, 6.45) is 8.37. The first kappa shape index (κ1) is 24.2. The summed E-state index contributed by atoms with van der Waals surface area (Å²) >= 11 is 0. The molecule has 4 aromatic rings. The van der Waals surface area contributed by atoms with E-state index >= 15 is 0 Å². The Morgan fingerprint density at radius 2 is 1.50 bits per heavy atom. The number of nitrogens with zero attached hydrogens (tertiary/aromatic N) is 3. The van der Waals surface area contributed by atoms with E-state index in [1.165, 1.54) is 50.1 Å². The molecule has 5 atom stereocenters. The van der Waals surface area contributed by atoms with Crippen LogP contribution in [0.15, 0.2) is 103 Å². The molecule has 40 heavy (non-hydrogen) atoms. The van der Waals surface area contributed by atoms with Crippen LogP contribution in [0.5, 0.6) is 0 Å². The van der Waals surface area contributed by atoms with Gasteiger partial charge in [0.05, 0.1) is 49.0 Å². The van der Waals surface area contributed by atoms with Crippen molar-refractivity contribution in [2.45, 2.75) is 45.2 Å². The minimum absolute atomic E-state index is 0.0902. The largest absolute Gasteiger partial charge is 0.373 e. The fourth-order valence-corrected chi connectivity index (χ4v) is 7.89. The van der Waals surface area contributed by atoms with Crippen molar-refractivity contribution in [3.63, 3.8) is 0 Å². The van der Waals surface area contributed by atoms with Crippen LogP contribution in [0.3, 0.4) is 0 Å². The van der Waals surface area contributed by atoms with Crippen molar-refractivity contribution >= 4 is 22.2 Å². The van der Waals surface area contributed by atoms with Gasteiger partial charge in [0.1, 0.15) is 5.57 Å². The SMILES string of the molecule is CC1CC(C)OCc2ccccc2[N+]23C=C[N+](C)(C2)C3/C(=C2\c3ccccc3-c3c4ccccc4cc[n+]32)CO1. The van der Waals surface area contributed by atoms with Crippen LogP contribution in [0.1, 0.15) is 31.4 Å². The first-order valence-electron chi connectivity index (χ1n) is 14.5. The summed E-state index contributed by atoms with van der Waals surface area (Å²) in [7, 11) is 2.37. The fraction of sp³-hybridized carbons (Fsp3) is 0.286. The van der Waals surface area contributed by atoms with E-state index < -0.39 is 0 Å². The summed E-state index contributed by atoms with van der Waals surface area (Å²) in [4.78, 5) is 0. The van der Waals surface area contributed by atoms with Crippen molar-refractivity contribution in [3.8, 4) is 11.3 Å². The summed E-state index contributed by atoms with van der Waals surface area (Å²) in [6.45, 7) is 6.56. The number of pyridine rings is 1. The van der Waals surface area contributed by atoms with Gasteiger partial charge in [-0.25, -0.2) is 0 Å². The van der Waals surface area contributed by atoms with Crippen molar-refractivity contribution < 1.29 is 18.5 Å². The smallest absolute Gasteiger partial charge is 0.270 e. The van der Waals surface area contributed by atoms with Gasteiger partial charge in [0.25, 0.3) is 6.17 Å². The number of ether oxygens (including phenoxy) is 2. The van der Waals surface area contributed by atoms with Crippen LogP contribution in [0.25, 0.3) is 27.7 Å². The molecule has 6 heterocycles. The van der Waals surface area contributed by atoms with Crippen LogP contribution in [0.2, 0.25) is 0 Å². The number of fused-ring (bicyclic) bond motifs is 6. The van der Waals surface area contributed by atoms with E-state index in [1.807, 2.05) is 0 Å². The van der Waals surface area contributed by atoms with Gasteiger partial charge in [0.2, 0.25) is 18.1 Å². The number of rotatable bonds is 0. The molecule has 1 spiro atoms. The monoisotopic (exact) mass is 530 g/mol. The Balaban J connectivity index is 1.42. The number of para-hydroxylation sites is 1. The van der Waals surface area contributed by atoms with Crippen LogP contribution < -0.4 is 9.05 Å². The van der Waals surface area contributed by atoms with E-state index in [9.17, 15) is 0 Å². The Labute approximate surface area is 236 Å². The normalized spacial score (nSPS) is 32.3. The summed E-state index contributed by atoms with van der Waals surface area (Å²) in [5.74, 6) is 0. The molecule has 200 valence electrons. The number of aromatic nitrogens is 1. The summed E-state index contributed by atoms with van der Waals surface area (Å²) in [6, 6.07) is 28.8. The van der Waals surface area contributed by atoms with Gasteiger partial charge >= 0.3 is 0 Å². The van der Waals surface area contributed by atoms with Gasteiger partial charge in [0.15, 0.2) is 24.3 Å². The minimum Gasteiger partial charge on any atom is -0.373 e. The van der Waals surface area contributed by atoms with E-state index in [0.29, 0.717) is 13.2 Å². The van der Waals surface area contributed by atoms with Crippen molar-refractivity contribution in [2.24, 2.45) is 0 Å². The van der Waals surface area contributed by atoms with E-state index in [-0.39, 0.29) is 18.4 Å². The molecular weight excluding hydrogens is 494 g/mol. The Morgan fingerprint density at radius 3 is 2.35 bits per heavy atom. The topological polar surface area (TPSA) is 22.3 Å². The highest BCUT2D eigenvalue weighted by Gasteiger charge is 2.71. The molecule has 5 aliphatic heterocycles. The second-order valence-corrected chi connectivity index (χ2v) is 12.2. The molecule has 0 saturated carbocycles. The fourth-order valence-electron chi connectivity index (χ4n) is 7.89. The molecule has 5 nitrogen and oxygen atoms in total. The molecule has 0 amide bonds. The van der Waals surface area contributed by atoms with Crippen LogP contribution in [-0.2, 0) is 16.1 Å². The maximum atomic E-state index is 6.74. The van der Waals surface area contributed by atoms with E-state index in [1.54, 1.807) is 0 Å². The molecule has 3 aromatic carbocycles. The lowest BCUT2D eigenvalue weighted by Gasteiger charge is -2.53. The molecule has 2 bridgehead atoms. The molecule has 5 unspecified atom stereocenters. The van der Waals surface area contributed by atoms with Gasteiger partial charge in [-0.3, -0.25) is 0 Å². The van der Waals surface area contributed by atoms with Crippen molar-refractivity contribution in [2.75, 3.05) is 20.3 Å². The highest BCUT2D eigenvalue weighted by molar-refractivity contribution is 5.98. The first-order chi connectivity index (χ1) is 19.5. The van der Waals surface area contributed by atoms with Crippen molar-refractivity contribution in [1.82, 2.24) is 4.48 Å². The third kappa shape index (κ3) is 3.32. The van der Waals surface area contributed by atoms with Gasteiger partial charge in [-0.2, -0.15) is 13.5 Å². The van der Waals surface area contributed by atoms with Crippen LogP contribution >= 0.6 is 0 Å². The summed E-state index contributed by atoms with van der Waals surface area (Å²) in [5, 5.41) is 2.55. The van der Waals surface area contributed by atoms with Crippen LogP contribution in [-0.4, -0.2) is 43.2 Å². The summed E-state index contributed by atoms with van der Waals surface area (Å²) < 4.78 is 17.2. The lowest BCUT2D eigenvalue weighted by atomic mass is 9.95. The molecule has 1 aromatic heterocycles. The molecule has 0 radical (unpaired) electrons. The van der Waals surface area contributed by atoms with Crippen LogP contribution in [0.4, 0.5) is 5.69 Å². The zero-order valence-corrected chi connectivity index (χ0v) is 23.5. The molecule has 5 heteroatoms. The Kier molecular flexibility index (Phi) is 5.26. The zero-order chi connectivity index (χ0) is 27.1. The highest BCUT2D eigenvalue weighted by Crippen LogP contribution is 2.53. The second kappa shape index (κ2) is 8.69. The lowest BCUT2D eigenvalue weighted by molar-refractivity contribution is -0.938. The third-order valence-corrected chi connectivity index (χ3v) is 9.51. The van der Waals surface area contributed by atoms with Gasteiger partial charge in [-0.05, 0) is 43.9 Å².